The summed E-state index contributed by atoms with van der Waals surface area (Å²) in [5.41, 5.74) is 7.75. The van der Waals surface area contributed by atoms with E-state index in [9.17, 15) is 4.79 Å². The van der Waals surface area contributed by atoms with E-state index < -0.39 is 19.1 Å². The fourth-order valence-electron chi connectivity index (χ4n) is 1.95. The summed E-state index contributed by atoms with van der Waals surface area (Å²) < 4.78 is 0. The monoisotopic (exact) mass is 261 g/mol. The van der Waals surface area contributed by atoms with Crippen molar-refractivity contribution in [3.8, 4) is 0 Å². The molecular weight excluding hydrogens is 245 g/mol. The van der Waals surface area contributed by atoms with Crippen molar-refractivity contribution in [3.05, 3.63) is 36.0 Å². The minimum Gasteiger partial charge on any atom is -0.426 e. The molecule has 0 aliphatic rings. The first-order valence-electron chi connectivity index (χ1n) is 6.02. The summed E-state index contributed by atoms with van der Waals surface area (Å²) in [5, 5.41) is 20.8. The summed E-state index contributed by atoms with van der Waals surface area (Å²) in [7, 11) is -1.57. The fraction of sp³-hybridized carbons (Fsp3) is 0.250. The number of para-hydroxylation sites is 1. The first kappa shape index (κ1) is 13.6. The van der Waals surface area contributed by atoms with Crippen molar-refractivity contribution < 1.29 is 14.8 Å². The number of benzene rings is 1. The van der Waals surface area contributed by atoms with Crippen molar-refractivity contribution >= 4 is 23.9 Å². The van der Waals surface area contributed by atoms with Crippen LogP contribution in [0.4, 0.5) is 0 Å². The molecule has 1 aromatic carbocycles. The fourth-order valence-corrected chi connectivity index (χ4v) is 1.95. The smallest absolute Gasteiger partial charge is 0.426 e. The quantitative estimate of drug-likeness (QED) is 0.452. The molecule has 0 unspecified atom stereocenters. The van der Waals surface area contributed by atoms with Crippen LogP contribution in [0.3, 0.4) is 0 Å². The average molecular weight is 261 g/mol. The summed E-state index contributed by atoms with van der Waals surface area (Å²) in [6.07, 6.45) is 2.00. The zero-order chi connectivity index (χ0) is 13.8. The Morgan fingerprint density at radius 3 is 2.89 bits per heavy atom. The lowest BCUT2D eigenvalue weighted by Gasteiger charge is -2.11. The molecule has 1 heterocycles. The van der Waals surface area contributed by atoms with E-state index in [1.54, 1.807) is 0 Å². The number of nitrogens with one attached hydrogen (secondary N) is 2. The molecule has 1 aromatic heterocycles. The summed E-state index contributed by atoms with van der Waals surface area (Å²) in [6.45, 7) is 0. The maximum absolute atomic E-state index is 11.6. The molecule has 0 aliphatic heterocycles. The van der Waals surface area contributed by atoms with Crippen LogP contribution in [0.5, 0.6) is 0 Å². The zero-order valence-electron chi connectivity index (χ0n) is 10.3. The highest BCUT2D eigenvalue weighted by Crippen LogP contribution is 2.18. The predicted molar refractivity (Wildman–Crippen MR) is 73.2 cm³/mol. The Morgan fingerprint density at radius 2 is 2.16 bits per heavy atom. The number of amides is 1. The van der Waals surface area contributed by atoms with Gasteiger partial charge < -0.3 is 26.1 Å². The summed E-state index contributed by atoms with van der Waals surface area (Å²) >= 11 is 0. The van der Waals surface area contributed by atoms with Gasteiger partial charge in [-0.05, 0) is 18.1 Å². The highest BCUT2D eigenvalue weighted by atomic mass is 16.4. The second-order valence-electron chi connectivity index (χ2n) is 4.40. The minimum absolute atomic E-state index is 0.222. The summed E-state index contributed by atoms with van der Waals surface area (Å²) in [5.74, 6) is -0.404. The number of carbonyl (C=O) groups excluding carboxylic acids is 1. The number of H-pyrrole nitrogens is 1. The molecule has 0 spiro atoms. The van der Waals surface area contributed by atoms with E-state index >= 15 is 0 Å². The van der Waals surface area contributed by atoms with Gasteiger partial charge in [0.05, 0.1) is 12.5 Å². The van der Waals surface area contributed by atoms with Crippen LogP contribution in [0, 0.1) is 0 Å². The number of fused-ring (bicyclic) bond motifs is 1. The van der Waals surface area contributed by atoms with Crippen molar-refractivity contribution in [1.29, 1.82) is 0 Å². The molecule has 1 amide bonds. The SMILES string of the molecule is N[C@@H](Cc1c[nH]c2ccccc12)C(=O)NCB(O)O. The topological polar surface area (TPSA) is 111 Å². The van der Waals surface area contributed by atoms with Gasteiger partial charge >= 0.3 is 7.12 Å². The molecule has 100 valence electrons. The van der Waals surface area contributed by atoms with Gasteiger partial charge in [0.1, 0.15) is 0 Å². The molecule has 1 atom stereocenters. The van der Waals surface area contributed by atoms with Crippen molar-refractivity contribution in [2.75, 3.05) is 6.44 Å². The maximum Gasteiger partial charge on any atom is 0.472 e. The van der Waals surface area contributed by atoms with Gasteiger partial charge in [0.25, 0.3) is 0 Å². The van der Waals surface area contributed by atoms with E-state index in [-0.39, 0.29) is 6.44 Å². The third kappa shape index (κ3) is 3.34. The second-order valence-corrected chi connectivity index (χ2v) is 4.40. The number of aromatic nitrogens is 1. The summed E-state index contributed by atoms with van der Waals surface area (Å²) in [6, 6.07) is 7.04. The average Bonchev–Trinajstić information content (AvgIpc) is 2.79. The first-order chi connectivity index (χ1) is 9.08. The maximum atomic E-state index is 11.6. The van der Waals surface area contributed by atoms with Crippen LogP contribution in [0.25, 0.3) is 10.9 Å². The Balaban J connectivity index is 2.02. The van der Waals surface area contributed by atoms with Crippen molar-refractivity contribution in [3.63, 3.8) is 0 Å². The molecule has 6 N–H and O–H groups in total. The number of hydrogen-bond donors (Lipinski definition) is 5. The highest BCUT2D eigenvalue weighted by Gasteiger charge is 2.17. The van der Waals surface area contributed by atoms with E-state index in [0.717, 1.165) is 16.5 Å². The Bertz CT molecular complexity index is 570. The van der Waals surface area contributed by atoms with E-state index in [2.05, 4.69) is 10.3 Å². The lowest BCUT2D eigenvalue weighted by molar-refractivity contribution is -0.122. The third-order valence-electron chi connectivity index (χ3n) is 2.91. The van der Waals surface area contributed by atoms with Gasteiger partial charge in [-0.15, -0.1) is 0 Å². The van der Waals surface area contributed by atoms with E-state index in [1.807, 2.05) is 30.5 Å². The van der Waals surface area contributed by atoms with E-state index in [1.165, 1.54) is 0 Å². The summed E-state index contributed by atoms with van der Waals surface area (Å²) in [4.78, 5) is 14.8. The van der Waals surface area contributed by atoms with Gasteiger partial charge in [0.15, 0.2) is 0 Å². The Labute approximate surface area is 110 Å². The molecule has 7 heteroatoms. The molecular formula is C12H16BN3O3. The molecule has 0 saturated heterocycles. The van der Waals surface area contributed by atoms with Gasteiger partial charge in [-0.25, -0.2) is 0 Å². The first-order valence-corrected chi connectivity index (χ1v) is 6.02. The van der Waals surface area contributed by atoms with Gasteiger partial charge in [-0.1, -0.05) is 18.2 Å². The molecule has 0 radical (unpaired) electrons. The number of hydrogen-bond acceptors (Lipinski definition) is 4. The second kappa shape index (κ2) is 5.88. The Hall–Kier alpha value is -1.83. The number of rotatable bonds is 5. The number of carbonyl (C=O) groups is 1. The molecule has 6 nitrogen and oxygen atoms in total. The molecule has 2 rings (SSSR count). The van der Waals surface area contributed by atoms with Crippen LogP contribution in [-0.2, 0) is 11.2 Å². The van der Waals surface area contributed by atoms with Gasteiger partial charge in [-0.3, -0.25) is 4.79 Å². The highest BCUT2D eigenvalue weighted by molar-refractivity contribution is 6.41. The standard InChI is InChI=1S/C12H16BN3O3/c14-10(12(17)16-7-13(18)19)5-8-6-15-11-4-2-1-3-9(8)11/h1-4,6,10,15,18-19H,5,7,14H2,(H,16,17)/t10-/m0/s1. The van der Waals surface area contributed by atoms with Crippen LogP contribution in [0.15, 0.2) is 30.5 Å². The minimum atomic E-state index is -1.57. The van der Waals surface area contributed by atoms with Gasteiger partial charge in [0, 0.05) is 17.1 Å². The van der Waals surface area contributed by atoms with Crippen LogP contribution < -0.4 is 11.1 Å². The van der Waals surface area contributed by atoms with Crippen molar-refractivity contribution in [2.24, 2.45) is 5.73 Å². The van der Waals surface area contributed by atoms with Crippen LogP contribution >= 0.6 is 0 Å². The normalized spacial score (nSPS) is 12.4. The zero-order valence-corrected chi connectivity index (χ0v) is 10.3. The van der Waals surface area contributed by atoms with E-state index in [4.69, 9.17) is 15.8 Å². The third-order valence-corrected chi connectivity index (χ3v) is 2.91. The van der Waals surface area contributed by atoms with E-state index in [0.29, 0.717) is 6.42 Å². The Kier molecular flexibility index (Phi) is 4.21. The lowest BCUT2D eigenvalue weighted by atomic mass is 9.92. The van der Waals surface area contributed by atoms with Gasteiger partial charge in [0.2, 0.25) is 5.91 Å². The van der Waals surface area contributed by atoms with Crippen LogP contribution in [0.1, 0.15) is 5.56 Å². The molecule has 2 aromatic rings. The molecule has 19 heavy (non-hydrogen) atoms. The van der Waals surface area contributed by atoms with Crippen molar-refractivity contribution in [1.82, 2.24) is 10.3 Å². The van der Waals surface area contributed by atoms with Crippen LogP contribution in [0.2, 0.25) is 0 Å². The predicted octanol–water partition coefficient (Wildman–Crippen LogP) is -0.834. The largest absolute Gasteiger partial charge is 0.472 e. The van der Waals surface area contributed by atoms with Crippen molar-refractivity contribution in [2.45, 2.75) is 12.5 Å². The molecule has 0 saturated carbocycles. The number of aromatic amines is 1. The number of nitrogens with two attached hydrogens (primary N) is 1. The lowest BCUT2D eigenvalue weighted by Crippen LogP contribution is -2.45. The van der Waals surface area contributed by atoms with Crippen LogP contribution in [-0.4, -0.2) is 40.5 Å². The molecule has 0 bridgehead atoms. The Morgan fingerprint density at radius 1 is 1.42 bits per heavy atom. The molecule has 0 aliphatic carbocycles. The van der Waals surface area contributed by atoms with Gasteiger partial charge in [-0.2, -0.15) is 0 Å². The molecule has 0 fully saturated rings.